The molecule has 0 fully saturated rings. The van der Waals surface area contributed by atoms with Gasteiger partial charge in [0.2, 0.25) is 0 Å². The molecule has 0 spiro atoms. The Balaban J connectivity index is -0.000000251. The van der Waals surface area contributed by atoms with Crippen molar-refractivity contribution in [1.29, 1.82) is 0 Å². The van der Waals surface area contributed by atoms with Crippen LogP contribution in [0.2, 0.25) is 0 Å². The van der Waals surface area contributed by atoms with Gasteiger partial charge in [-0.3, -0.25) is 4.99 Å². The van der Waals surface area contributed by atoms with E-state index in [1.54, 1.807) is 0 Å². The van der Waals surface area contributed by atoms with Gasteiger partial charge < -0.3 is 0 Å². The van der Waals surface area contributed by atoms with E-state index in [4.69, 9.17) is 0 Å². The highest BCUT2D eigenvalue weighted by molar-refractivity contribution is 5.72. The second-order valence-electron chi connectivity index (χ2n) is 4.01. The third kappa shape index (κ3) is 17.7. The molecule has 0 N–H and O–H groups in total. The quantitative estimate of drug-likeness (QED) is 0.287. The molecule has 17 heavy (non-hydrogen) atoms. The van der Waals surface area contributed by atoms with Crippen LogP contribution >= 0.6 is 0 Å². The number of hydrogen-bond donors (Lipinski definition) is 0. The maximum atomic E-state index is 4.06. The van der Waals surface area contributed by atoms with Crippen LogP contribution in [0.15, 0.2) is 29.3 Å². The fraction of sp³-hybridized carbons (Fsp3) is 0.688. The Morgan fingerprint density at radius 1 is 1.06 bits per heavy atom. The lowest BCUT2D eigenvalue weighted by molar-refractivity contribution is 0.656. The van der Waals surface area contributed by atoms with E-state index in [1.807, 2.05) is 25.3 Å². The van der Waals surface area contributed by atoms with Gasteiger partial charge in [-0.25, -0.2) is 0 Å². The van der Waals surface area contributed by atoms with Gasteiger partial charge in [-0.15, -0.1) is 0 Å². The molecule has 0 aromatic rings. The summed E-state index contributed by atoms with van der Waals surface area (Å²) in [5, 5.41) is 0. The van der Waals surface area contributed by atoms with Crippen molar-refractivity contribution >= 4 is 6.21 Å². The minimum absolute atomic E-state index is 0. The van der Waals surface area contributed by atoms with Gasteiger partial charge in [-0.2, -0.15) is 0 Å². The van der Waals surface area contributed by atoms with Crippen molar-refractivity contribution in [2.45, 2.75) is 66.2 Å². The summed E-state index contributed by atoms with van der Waals surface area (Å²) in [6.45, 7) is 13.1. The lowest BCUT2D eigenvalue weighted by Gasteiger charge is -1.90. The van der Waals surface area contributed by atoms with Crippen molar-refractivity contribution < 1.29 is 1.43 Å². The summed E-state index contributed by atoms with van der Waals surface area (Å²) in [5.74, 6) is 0. The smallest absolute Gasteiger partial charge is 0.0360 e. The average Bonchev–Trinajstić information content (AvgIpc) is 2.36. The fourth-order valence-corrected chi connectivity index (χ4v) is 1.26. The van der Waals surface area contributed by atoms with Crippen LogP contribution in [0, 0.1) is 0 Å². The summed E-state index contributed by atoms with van der Waals surface area (Å²) < 4.78 is 0. The maximum absolute atomic E-state index is 4.06. The van der Waals surface area contributed by atoms with Crippen LogP contribution in [0.5, 0.6) is 0 Å². The minimum Gasteiger partial charge on any atom is -0.293 e. The van der Waals surface area contributed by atoms with Gasteiger partial charge >= 0.3 is 0 Å². The Kier molecular flexibility index (Phi) is 19.1. The van der Waals surface area contributed by atoms with Gasteiger partial charge in [0.15, 0.2) is 0 Å². The number of nitrogens with zero attached hydrogens (tertiary/aromatic N) is 1. The highest BCUT2D eigenvalue weighted by atomic mass is 14.7. The largest absolute Gasteiger partial charge is 0.293 e. The molecule has 0 heterocycles. The standard InChI is InChI=1S/C9H15N.C7H16.H2/c1-4-9(5-2)7-8-10-6-3;1-3-5-7-6-4-2;/h4,7-8H,1,5-6H2,2-3H3;3-7H2,1-2H3;1H/b9-7-,10-8?;;. The zero-order valence-electron chi connectivity index (χ0n) is 12.3. The molecular formula is C16H33N. The molecule has 102 valence electrons. The molecule has 0 amide bonds. The zero-order chi connectivity index (χ0) is 13.4. The number of rotatable bonds is 8. The van der Waals surface area contributed by atoms with Crippen LogP contribution in [0.25, 0.3) is 0 Å². The lowest BCUT2D eigenvalue weighted by atomic mass is 10.2. The van der Waals surface area contributed by atoms with Crippen molar-refractivity contribution in [1.82, 2.24) is 0 Å². The number of hydrogen-bond acceptors (Lipinski definition) is 1. The SMILES string of the molecule is C=C/C(=C/C=NCC)CC.CCCCCCC.[HH]. The van der Waals surface area contributed by atoms with Crippen molar-refractivity contribution in [2.75, 3.05) is 6.54 Å². The summed E-state index contributed by atoms with van der Waals surface area (Å²) in [4.78, 5) is 4.06. The second-order valence-corrected chi connectivity index (χ2v) is 4.01. The van der Waals surface area contributed by atoms with E-state index in [1.165, 1.54) is 37.7 Å². The minimum atomic E-state index is 0. The average molecular weight is 239 g/mol. The van der Waals surface area contributed by atoms with Crippen molar-refractivity contribution in [3.05, 3.63) is 24.3 Å². The third-order valence-corrected chi connectivity index (χ3v) is 2.45. The predicted octanol–water partition coefficient (Wildman–Crippen LogP) is 5.82. The van der Waals surface area contributed by atoms with Crippen LogP contribution in [0.1, 0.15) is 67.6 Å². The Labute approximate surface area is 110 Å². The summed E-state index contributed by atoms with van der Waals surface area (Å²) >= 11 is 0. The van der Waals surface area contributed by atoms with Crippen LogP contribution < -0.4 is 0 Å². The summed E-state index contributed by atoms with van der Waals surface area (Å²) in [7, 11) is 0. The highest BCUT2D eigenvalue weighted by Crippen LogP contribution is 2.00. The number of unbranched alkanes of at least 4 members (excludes halogenated alkanes) is 4. The molecule has 0 saturated carbocycles. The van der Waals surface area contributed by atoms with E-state index >= 15 is 0 Å². The maximum Gasteiger partial charge on any atom is 0.0360 e. The molecule has 0 rings (SSSR count). The molecule has 0 aliphatic heterocycles. The van der Waals surface area contributed by atoms with Crippen LogP contribution in [-0.4, -0.2) is 12.8 Å². The molecule has 0 bridgehead atoms. The van der Waals surface area contributed by atoms with Crippen molar-refractivity contribution in [3.8, 4) is 0 Å². The predicted molar refractivity (Wildman–Crippen MR) is 84.2 cm³/mol. The second kappa shape index (κ2) is 17.5. The molecule has 0 aliphatic rings. The van der Waals surface area contributed by atoms with E-state index in [0.717, 1.165) is 13.0 Å². The van der Waals surface area contributed by atoms with Crippen LogP contribution in [0.3, 0.4) is 0 Å². The summed E-state index contributed by atoms with van der Waals surface area (Å²) in [6.07, 6.45) is 13.7. The fourth-order valence-electron chi connectivity index (χ4n) is 1.26. The first-order valence-corrected chi connectivity index (χ1v) is 7.08. The van der Waals surface area contributed by atoms with E-state index in [-0.39, 0.29) is 1.43 Å². The van der Waals surface area contributed by atoms with Crippen molar-refractivity contribution in [2.24, 2.45) is 4.99 Å². The van der Waals surface area contributed by atoms with Gasteiger partial charge in [0.1, 0.15) is 0 Å². The Bertz CT molecular complexity index is 203. The molecule has 0 atom stereocenters. The van der Waals surface area contributed by atoms with Crippen LogP contribution in [0.4, 0.5) is 0 Å². The molecule has 0 aromatic heterocycles. The van der Waals surface area contributed by atoms with Gasteiger partial charge in [0.05, 0.1) is 0 Å². The molecular weight excluding hydrogens is 206 g/mol. The monoisotopic (exact) mass is 239 g/mol. The Morgan fingerprint density at radius 3 is 2.00 bits per heavy atom. The van der Waals surface area contributed by atoms with Gasteiger partial charge in [0.25, 0.3) is 0 Å². The van der Waals surface area contributed by atoms with Gasteiger partial charge in [-0.05, 0) is 25.0 Å². The number of aliphatic imine (C=N–C) groups is 1. The summed E-state index contributed by atoms with van der Waals surface area (Å²) in [5.41, 5.74) is 1.23. The molecule has 0 saturated heterocycles. The molecule has 0 unspecified atom stereocenters. The van der Waals surface area contributed by atoms with E-state index in [0.29, 0.717) is 0 Å². The Hall–Kier alpha value is -0.850. The molecule has 1 heteroatoms. The summed E-state index contributed by atoms with van der Waals surface area (Å²) in [6, 6.07) is 0. The molecule has 1 nitrogen and oxygen atoms in total. The van der Waals surface area contributed by atoms with E-state index in [9.17, 15) is 0 Å². The van der Waals surface area contributed by atoms with E-state index in [2.05, 4.69) is 32.3 Å². The van der Waals surface area contributed by atoms with Crippen LogP contribution in [-0.2, 0) is 0 Å². The molecule has 0 aliphatic carbocycles. The molecule has 0 radical (unpaired) electrons. The van der Waals surface area contributed by atoms with Gasteiger partial charge in [0, 0.05) is 14.2 Å². The Morgan fingerprint density at radius 2 is 1.65 bits per heavy atom. The highest BCUT2D eigenvalue weighted by Gasteiger charge is 1.81. The van der Waals surface area contributed by atoms with E-state index < -0.39 is 0 Å². The first-order chi connectivity index (χ1) is 8.26. The third-order valence-electron chi connectivity index (χ3n) is 2.45. The topological polar surface area (TPSA) is 12.4 Å². The normalized spacial score (nSPS) is 11.2. The van der Waals surface area contributed by atoms with Gasteiger partial charge in [-0.1, -0.05) is 65.5 Å². The first-order valence-electron chi connectivity index (χ1n) is 7.08. The molecule has 0 aromatic carbocycles. The van der Waals surface area contributed by atoms with Crippen molar-refractivity contribution in [3.63, 3.8) is 0 Å². The lowest BCUT2D eigenvalue weighted by Crippen LogP contribution is -1.75. The zero-order valence-corrected chi connectivity index (χ0v) is 12.3. The first kappa shape index (κ1) is 18.5. The number of allylic oxidation sites excluding steroid dienone is 3.